The van der Waals surface area contributed by atoms with E-state index in [1.807, 2.05) is 11.0 Å². The Balaban J connectivity index is 1.34. The lowest BCUT2D eigenvalue weighted by Gasteiger charge is -2.30. The fourth-order valence-electron chi connectivity index (χ4n) is 5.26. The van der Waals surface area contributed by atoms with Crippen LogP contribution in [0.2, 0.25) is 0 Å². The van der Waals surface area contributed by atoms with Gasteiger partial charge in [-0.2, -0.15) is 0 Å². The zero-order chi connectivity index (χ0) is 28.9. The van der Waals surface area contributed by atoms with E-state index in [4.69, 9.17) is 14.5 Å². The molecule has 0 saturated carbocycles. The second kappa shape index (κ2) is 12.8. The Morgan fingerprint density at radius 1 is 1.15 bits per heavy atom. The number of methoxy groups -OCH3 is 1. The first-order chi connectivity index (χ1) is 19.9. The van der Waals surface area contributed by atoms with Crippen LogP contribution in [0.15, 0.2) is 30.6 Å². The van der Waals surface area contributed by atoms with Crippen LogP contribution in [0, 0.1) is 5.92 Å². The van der Waals surface area contributed by atoms with Gasteiger partial charge in [-0.05, 0) is 57.4 Å². The maximum atomic E-state index is 13.1. The Labute approximate surface area is 241 Å². The number of piperidine rings is 1. The van der Waals surface area contributed by atoms with Gasteiger partial charge in [0.1, 0.15) is 11.5 Å². The number of aliphatic carboxylic acids is 1. The van der Waals surface area contributed by atoms with Gasteiger partial charge < -0.3 is 19.5 Å². The minimum absolute atomic E-state index is 0.142. The standard InChI is InChI=1S/C28H33FN6O5S/c1-17-4-3-9-35(17)15-23-25(19-5-6-21(39-2)22(12-19)40-16-29)32-28(41-23)33-26(36)20-13-31-24(14-30-20)34-10-7-18(8-11-34)27(37)38/h5-6,12-14,17-18H,3-4,7-11,15-16H2,1-2H3,(H,37,38)(H,32,33,36)/t17-/m1/s1. The fraction of sp³-hybridized carbons (Fsp3) is 0.464. The van der Waals surface area contributed by atoms with E-state index in [0.717, 1.165) is 29.8 Å². The van der Waals surface area contributed by atoms with E-state index < -0.39 is 18.7 Å². The summed E-state index contributed by atoms with van der Waals surface area (Å²) in [5.74, 6) is -0.258. The predicted octanol–water partition coefficient (Wildman–Crippen LogP) is 4.45. The van der Waals surface area contributed by atoms with Crippen LogP contribution in [0.1, 0.15) is 48.0 Å². The average Bonchev–Trinajstić information content (AvgIpc) is 3.58. The second-order valence-electron chi connectivity index (χ2n) is 10.2. The number of hydrogen-bond acceptors (Lipinski definition) is 10. The number of ether oxygens (including phenoxy) is 2. The number of rotatable bonds is 10. The summed E-state index contributed by atoms with van der Waals surface area (Å²) in [7, 11) is 1.49. The number of hydrogen-bond donors (Lipinski definition) is 2. The summed E-state index contributed by atoms with van der Waals surface area (Å²) in [4.78, 5) is 43.1. The molecular formula is C28H33FN6O5S. The number of amides is 1. The van der Waals surface area contributed by atoms with Gasteiger partial charge in [-0.25, -0.2) is 19.3 Å². The van der Waals surface area contributed by atoms with Crippen LogP contribution in [0.3, 0.4) is 0 Å². The van der Waals surface area contributed by atoms with E-state index >= 15 is 0 Å². The fourth-order valence-corrected chi connectivity index (χ4v) is 6.27. The van der Waals surface area contributed by atoms with Crippen LogP contribution in [-0.4, -0.2) is 76.5 Å². The molecule has 3 aromatic rings. The van der Waals surface area contributed by atoms with Crippen molar-refractivity contribution in [1.29, 1.82) is 0 Å². The molecule has 41 heavy (non-hydrogen) atoms. The van der Waals surface area contributed by atoms with Crippen LogP contribution < -0.4 is 19.7 Å². The Kier molecular flexibility index (Phi) is 8.93. The van der Waals surface area contributed by atoms with Gasteiger partial charge in [0, 0.05) is 36.1 Å². The number of nitrogens with one attached hydrogen (secondary N) is 1. The molecule has 2 N–H and O–H groups in total. The molecule has 0 radical (unpaired) electrons. The summed E-state index contributed by atoms with van der Waals surface area (Å²) < 4.78 is 23.5. The Morgan fingerprint density at radius 2 is 1.95 bits per heavy atom. The second-order valence-corrected chi connectivity index (χ2v) is 11.3. The Bertz CT molecular complexity index is 1380. The highest BCUT2D eigenvalue weighted by Gasteiger charge is 2.27. The van der Waals surface area contributed by atoms with E-state index in [1.54, 1.807) is 12.1 Å². The molecule has 0 bridgehead atoms. The number of aromatic nitrogens is 3. The van der Waals surface area contributed by atoms with Crippen molar-refractivity contribution in [2.45, 2.75) is 45.2 Å². The van der Waals surface area contributed by atoms with Crippen LogP contribution in [-0.2, 0) is 11.3 Å². The van der Waals surface area contributed by atoms with Gasteiger partial charge in [0.2, 0.25) is 6.86 Å². The average molecular weight is 585 g/mol. The molecule has 4 heterocycles. The van der Waals surface area contributed by atoms with E-state index in [0.29, 0.717) is 60.9 Å². The maximum Gasteiger partial charge on any atom is 0.306 e. The van der Waals surface area contributed by atoms with Gasteiger partial charge in [-0.3, -0.25) is 19.8 Å². The number of likely N-dealkylation sites (tertiary alicyclic amines) is 1. The molecule has 1 atom stereocenters. The SMILES string of the molecule is COc1ccc(-c2nc(NC(=O)c3cnc(N4CCC(C(=O)O)CC4)cn3)sc2CN2CCC[C@H]2C)cc1OCF. The maximum absolute atomic E-state index is 13.1. The molecule has 2 fully saturated rings. The van der Waals surface area contributed by atoms with Crippen molar-refractivity contribution in [2.75, 3.05) is 43.8 Å². The monoisotopic (exact) mass is 584 g/mol. The number of halogens is 1. The highest BCUT2D eigenvalue weighted by atomic mass is 32.1. The number of carbonyl (C=O) groups is 2. The number of nitrogens with zero attached hydrogens (tertiary/aromatic N) is 5. The van der Waals surface area contributed by atoms with E-state index in [-0.39, 0.29) is 17.4 Å². The lowest BCUT2D eigenvalue weighted by molar-refractivity contribution is -0.142. The third kappa shape index (κ3) is 6.57. The van der Waals surface area contributed by atoms with Crippen LogP contribution in [0.5, 0.6) is 11.5 Å². The molecule has 2 aliphatic rings. The van der Waals surface area contributed by atoms with Crippen molar-refractivity contribution >= 4 is 34.2 Å². The summed E-state index contributed by atoms with van der Waals surface area (Å²) in [5.41, 5.74) is 1.55. The molecule has 13 heteroatoms. The molecule has 0 unspecified atom stereocenters. The van der Waals surface area contributed by atoms with Crippen molar-refractivity contribution in [2.24, 2.45) is 5.92 Å². The third-order valence-corrected chi connectivity index (χ3v) is 8.60. The normalized spacial score (nSPS) is 17.9. The first-order valence-electron chi connectivity index (χ1n) is 13.6. The molecule has 218 valence electrons. The minimum atomic E-state index is -0.989. The number of alkyl halides is 1. The zero-order valence-electron chi connectivity index (χ0n) is 23.0. The predicted molar refractivity (Wildman–Crippen MR) is 152 cm³/mol. The summed E-state index contributed by atoms with van der Waals surface area (Å²) in [5, 5.41) is 12.5. The van der Waals surface area contributed by atoms with Crippen molar-refractivity contribution in [1.82, 2.24) is 19.9 Å². The van der Waals surface area contributed by atoms with Crippen molar-refractivity contribution in [3.8, 4) is 22.8 Å². The Morgan fingerprint density at radius 3 is 2.59 bits per heavy atom. The van der Waals surface area contributed by atoms with E-state index in [1.165, 1.54) is 30.8 Å². The lowest BCUT2D eigenvalue weighted by atomic mass is 9.97. The highest BCUT2D eigenvalue weighted by Crippen LogP contribution is 2.38. The van der Waals surface area contributed by atoms with Gasteiger partial charge in [0.25, 0.3) is 5.91 Å². The third-order valence-electron chi connectivity index (χ3n) is 7.64. The van der Waals surface area contributed by atoms with Gasteiger partial charge in [0.05, 0.1) is 31.1 Å². The number of anilines is 2. The molecular weight excluding hydrogens is 551 g/mol. The van der Waals surface area contributed by atoms with Crippen molar-refractivity contribution < 1.29 is 28.6 Å². The molecule has 1 amide bonds. The van der Waals surface area contributed by atoms with E-state index in [2.05, 4.69) is 27.1 Å². The summed E-state index contributed by atoms with van der Waals surface area (Å²) in [6.07, 6.45) is 6.29. The molecule has 0 aliphatic carbocycles. The van der Waals surface area contributed by atoms with Crippen LogP contribution in [0.25, 0.3) is 11.3 Å². The first-order valence-corrected chi connectivity index (χ1v) is 14.4. The minimum Gasteiger partial charge on any atom is -0.493 e. The molecule has 1 aromatic carbocycles. The van der Waals surface area contributed by atoms with Gasteiger partial charge in [-0.1, -0.05) is 11.3 Å². The molecule has 2 aliphatic heterocycles. The highest BCUT2D eigenvalue weighted by molar-refractivity contribution is 7.16. The van der Waals surface area contributed by atoms with Gasteiger partial charge >= 0.3 is 5.97 Å². The molecule has 2 aromatic heterocycles. The number of carboxylic acid groups (broad SMARTS) is 1. The smallest absolute Gasteiger partial charge is 0.306 e. The van der Waals surface area contributed by atoms with Crippen molar-refractivity contribution in [3.05, 3.63) is 41.2 Å². The quantitative estimate of drug-likeness (QED) is 0.352. The summed E-state index contributed by atoms with van der Waals surface area (Å²) in [6.45, 7) is 4.00. The first kappa shape index (κ1) is 28.7. The van der Waals surface area contributed by atoms with Crippen molar-refractivity contribution in [3.63, 3.8) is 0 Å². The van der Waals surface area contributed by atoms with Gasteiger partial charge in [0.15, 0.2) is 16.6 Å². The Hall–Kier alpha value is -3.84. The lowest BCUT2D eigenvalue weighted by Crippen LogP contribution is -2.36. The number of benzene rings is 1. The number of thiazole rings is 1. The summed E-state index contributed by atoms with van der Waals surface area (Å²) in [6, 6.07) is 5.68. The molecule has 2 saturated heterocycles. The van der Waals surface area contributed by atoms with Crippen LogP contribution in [0.4, 0.5) is 15.3 Å². The summed E-state index contributed by atoms with van der Waals surface area (Å²) >= 11 is 1.39. The number of carbonyl (C=O) groups excluding carboxylic acids is 1. The molecule has 5 rings (SSSR count). The largest absolute Gasteiger partial charge is 0.493 e. The topological polar surface area (TPSA) is 130 Å². The van der Waals surface area contributed by atoms with Gasteiger partial charge in [-0.15, -0.1) is 0 Å². The zero-order valence-corrected chi connectivity index (χ0v) is 23.8. The van der Waals surface area contributed by atoms with Crippen LogP contribution >= 0.6 is 11.3 Å². The number of carboxylic acids is 1. The van der Waals surface area contributed by atoms with E-state index in [9.17, 15) is 19.1 Å². The molecule has 0 spiro atoms. The molecule has 11 nitrogen and oxygen atoms in total.